The molecule has 0 fully saturated rings. The molecule has 0 aliphatic carbocycles. The van der Waals surface area contributed by atoms with Gasteiger partial charge in [-0.3, -0.25) is 4.98 Å². The number of aryl methyl sites for hydroxylation is 1. The summed E-state index contributed by atoms with van der Waals surface area (Å²) in [6, 6.07) is 4.93. The molecule has 2 aromatic heterocycles. The minimum atomic E-state index is 0.167. The van der Waals surface area contributed by atoms with Crippen molar-refractivity contribution in [1.82, 2.24) is 19.9 Å². The fourth-order valence-corrected chi connectivity index (χ4v) is 1.72. The van der Waals surface area contributed by atoms with Crippen LogP contribution in [0.5, 0.6) is 5.75 Å². The number of aromatic hydroxyl groups is 1. The largest absolute Gasteiger partial charge is 0.508 e. The maximum absolute atomic E-state index is 9.55. The number of aromatic nitrogens is 4. The molecule has 0 unspecified atom stereocenters. The lowest BCUT2D eigenvalue weighted by atomic mass is 10.2. The van der Waals surface area contributed by atoms with Crippen LogP contribution in [0.3, 0.4) is 0 Å². The van der Waals surface area contributed by atoms with Crippen LogP contribution in [-0.2, 0) is 0 Å². The standard InChI is InChI=1S/C13H11N5O/c1-8-5-15-12(6-14-8)18-13-10-4-9(19)2-3-11(10)16-7-17-13/h2-7,19H,1H3,(H,15,16,17,18). The molecule has 3 rings (SSSR count). The number of fused-ring (bicyclic) bond motifs is 1. The fraction of sp³-hybridized carbons (Fsp3) is 0.0769. The predicted octanol–water partition coefficient (Wildman–Crippen LogP) is 2.18. The highest BCUT2D eigenvalue weighted by Crippen LogP contribution is 2.25. The molecule has 6 heteroatoms. The Morgan fingerprint density at radius 3 is 2.74 bits per heavy atom. The molecule has 0 radical (unpaired) electrons. The zero-order valence-electron chi connectivity index (χ0n) is 10.2. The normalized spacial score (nSPS) is 10.6. The Hall–Kier alpha value is -2.76. The summed E-state index contributed by atoms with van der Waals surface area (Å²) in [4.78, 5) is 16.7. The first-order valence-electron chi connectivity index (χ1n) is 5.72. The van der Waals surface area contributed by atoms with Crippen LogP contribution >= 0.6 is 0 Å². The lowest BCUT2D eigenvalue weighted by Crippen LogP contribution is -1.98. The van der Waals surface area contributed by atoms with Crippen molar-refractivity contribution in [3.05, 3.63) is 42.6 Å². The Labute approximate surface area is 109 Å². The Morgan fingerprint density at radius 2 is 1.95 bits per heavy atom. The maximum atomic E-state index is 9.55. The SMILES string of the molecule is Cc1cnc(Nc2ncnc3ccc(O)cc23)cn1. The molecule has 0 amide bonds. The number of hydrogen-bond donors (Lipinski definition) is 2. The molecule has 0 bridgehead atoms. The molecule has 0 saturated heterocycles. The van der Waals surface area contributed by atoms with E-state index in [1.54, 1.807) is 30.6 Å². The summed E-state index contributed by atoms with van der Waals surface area (Å²) >= 11 is 0. The van der Waals surface area contributed by atoms with Gasteiger partial charge < -0.3 is 10.4 Å². The van der Waals surface area contributed by atoms with Gasteiger partial charge in [0.2, 0.25) is 0 Å². The van der Waals surface area contributed by atoms with Crippen LogP contribution in [0.2, 0.25) is 0 Å². The number of nitrogens with zero attached hydrogens (tertiary/aromatic N) is 4. The van der Waals surface area contributed by atoms with Gasteiger partial charge >= 0.3 is 0 Å². The highest BCUT2D eigenvalue weighted by molar-refractivity contribution is 5.91. The number of phenolic OH excluding ortho intramolecular Hbond substituents is 1. The lowest BCUT2D eigenvalue weighted by molar-refractivity contribution is 0.476. The van der Waals surface area contributed by atoms with E-state index < -0.39 is 0 Å². The van der Waals surface area contributed by atoms with Crippen molar-refractivity contribution < 1.29 is 5.11 Å². The Kier molecular flexibility index (Phi) is 2.68. The third-order valence-electron chi connectivity index (χ3n) is 2.65. The van der Waals surface area contributed by atoms with Crippen molar-refractivity contribution in [2.45, 2.75) is 6.92 Å². The van der Waals surface area contributed by atoms with E-state index in [1.807, 2.05) is 6.92 Å². The van der Waals surface area contributed by atoms with E-state index in [4.69, 9.17) is 0 Å². The second-order valence-corrected chi connectivity index (χ2v) is 4.09. The van der Waals surface area contributed by atoms with Gasteiger partial charge in [-0.25, -0.2) is 15.0 Å². The van der Waals surface area contributed by atoms with E-state index >= 15 is 0 Å². The number of anilines is 2. The van der Waals surface area contributed by atoms with Gasteiger partial charge in [0.15, 0.2) is 0 Å². The summed E-state index contributed by atoms with van der Waals surface area (Å²) in [7, 11) is 0. The third kappa shape index (κ3) is 2.28. The van der Waals surface area contributed by atoms with Crippen molar-refractivity contribution in [3.63, 3.8) is 0 Å². The van der Waals surface area contributed by atoms with Gasteiger partial charge in [0.1, 0.15) is 23.7 Å². The van der Waals surface area contributed by atoms with Crippen molar-refractivity contribution in [3.8, 4) is 5.75 Å². The molecule has 19 heavy (non-hydrogen) atoms. The van der Waals surface area contributed by atoms with E-state index in [0.717, 1.165) is 16.6 Å². The third-order valence-corrected chi connectivity index (χ3v) is 2.65. The highest BCUT2D eigenvalue weighted by Gasteiger charge is 2.05. The topological polar surface area (TPSA) is 83.8 Å². The Bertz CT molecular complexity index is 727. The highest BCUT2D eigenvalue weighted by atomic mass is 16.3. The van der Waals surface area contributed by atoms with Gasteiger partial charge in [-0.2, -0.15) is 0 Å². The summed E-state index contributed by atoms with van der Waals surface area (Å²) in [5, 5.41) is 13.3. The van der Waals surface area contributed by atoms with Gasteiger partial charge in [-0.15, -0.1) is 0 Å². The monoisotopic (exact) mass is 253 g/mol. The molecule has 0 atom stereocenters. The molecule has 0 aliphatic rings. The maximum Gasteiger partial charge on any atom is 0.150 e. The summed E-state index contributed by atoms with van der Waals surface area (Å²) in [5.74, 6) is 1.34. The van der Waals surface area contributed by atoms with Crippen LogP contribution < -0.4 is 5.32 Å². The molecule has 6 nitrogen and oxygen atoms in total. The molecule has 1 aromatic carbocycles. The minimum absolute atomic E-state index is 0.167. The molecule has 0 saturated carbocycles. The molecule has 0 spiro atoms. The van der Waals surface area contributed by atoms with Crippen LogP contribution in [0.15, 0.2) is 36.9 Å². The predicted molar refractivity (Wildman–Crippen MR) is 71.3 cm³/mol. The van der Waals surface area contributed by atoms with Crippen molar-refractivity contribution in [2.24, 2.45) is 0 Å². The van der Waals surface area contributed by atoms with Crippen molar-refractivity contribution in [1.29, 1.82) is 0 Å². The molecule has 94 valence electrons. The number of benzene rings is 1. The molecular formula is C13H11N5O. The van der Waals surface area contributed by atoms with Gasteiger partial charge in [-0.1, -0.05) is 0 Å². The average Bonchev–Trinajstić information content (AvgIpc) is 2.42. The summed E-state index contributed by atoms with van der Waals surface area (Å²) in [6.07, 6.45) is 4.76. The number of hydrogen-bond acceptors (Lipinski definition) is 6. The lowest BCUT2D eigenvalue weighted by Gasteiger charge is -2.07. The first-order valence-corrected chi connectivity index (χ1v) is 5.72. The van der Waals surface area contributed by atoms with Gasteiger partial charge in [0, 0.05) is 5.39 Å². The van der Waals surface area contributed by atoms with E-state index in [1.165, 1.54) is 6.33 Å². The quantitative estimate of drug-likeness (QED) is 0.728. The fourth-order valence-electron chi connectivity index (χ4n) is 1.72. The Balaban J connectivity index is 2.05. The van der Waals surface area contributed by atoms with Gasteiger partial charge in [0.05, 0.1) is 23.6 Å². The first-order chi connectivity index (χ1) is 9.22. The second-order valence-electron chi connectivity index (χ2n) is 4.09. The number of rotatable bonds is 2. The van der Waals surface area contributed by atoms with Gasteiger partial charge in [0.25, 0.3) is 0 Å². The average molecular weight is 253 g/mol. The van der Waals surface area contributed by atoms with Crippen LogP contribution in [0.1, 0.15) is 5.69 Å². The van der Waals surface area contributed by atoms with Crippen LogP contribution in [0, 0.1) is 6.92 Å². The van der Waals surface area contributed by atoms with E-state index in [-0.39, 0.29) is 5.75 Å². The van der Waals surface area contributed by atoms with E-state index in [9.17, 15) is 5.11 Å². The molecule has 3 aromatic rings. The molecule has 2 heterocycles. The molecule has 0 aliphatic heterocycles. The Morgan fingerprint density at radius 1 is 1.05 bits per heavy atom. The smallest absolute Gasteiger partial charge is 0.150 e. The summed E-state index contributed by atoms with van der Waals surface area (Å²) in [6.45, 7) is 1.87. The summed E-state index contributed by atoms with van der Waals surface area (Å²) < 4.78 is 0. The zero-order chi connectivity index (χ0) is 13.2. The molecular weight excluding hydrogens is 242 g/mol. The van der Waals surface area contributed by atoms with E-state index in [2.05, 4.69) is 25.3 Å². The second kappa shape index (κ2) is 4.49. The number of phenols is 1. The summed E-state index contributed by atoms with van der Waals surface area (Å²) in [5.41, 5.74) is 1.59. The van der Waals surface area contributed by atoms with Crippen LogP contribution in [0.25, 0.3) is 10.9 Å². The minimum Gasteiger partial charge on any atom is -0.508 e. The zero-order valence-corrected chi connectivity index (χ0v) is 10.2. The number of nitrogens with one attached hydrogen (secondary N) is 1. The van der Waals surface area contributed by atoms with Crippen molar-refractivity contribution >= 4 is 22.5 Å². The first kappa shape index (κ1) is 11.3. The molecule has 2 N–H and O–H groups in total. The van der Waals surface area contributed by atoms with Crippen molar-refractivity contribution in [2.75, 3.05) is 5.32 Å². The van der Waals surface area contributed by atoms with Gasteiger partial charge in [-0.05, 0) is 25.1 Å². The van der Waals surface area contributed by atoms with Crippen LogP contribution in [-0.4, -0.2) is 25.0 Å². The van der Waals surface area contributed by atoms with Crippen LogP contribution in [0.4, 0.5) is 11.6 Å². The van der Waals surface area contributed by atoms with E-state index in [0.29, 0.717) is 11.6 Å².